The van der Waals surface area contributed by atoms with Crippen LogP contribution in [-0.4, -0.2) is 36.9 Å². The Labute approximate surface area is 109 Å². The zero-order chi connectivity index (χ0) is 13.9. The molecule has 100 valence electrons. The summed E-state index contributed by atoms with van der Waals surface area (Å²) in [4.78, 5) is 11.1. The predicted molar refractivity (Wildman–Crippen MR) is 65.7 cm³/mol. The van der Waals surface area contributed by atoms with Gasteiger partial charge >= 0.3 is 5.97 Å². The van der Waals surface area contributed by atoms with Gasteiger partial charge in [0.1, 0.15) is 0 Å². The number of rotatable bonds is 5. The molecule has 0 heterocycles. The van der Waals surface area contributed by atoms with Gasteiger partial charge in [-0.05, 0) is 0 Å². The first-order valence-electron chi connectivity index (χ1n) is 5.04. The number of phenols is 1. The van der Waals surface area contributed by atoms with Crippen LogP contribution < -0.4 is 15.2 Å². The predicted octanol–water partition coefficient (Wildman–Crippen LogP) is 1.19. The van der Waals surface area contributed by atoms with Crippen molar-refractivity contribution in [1.29, 1.82) is 0 Å². The number of halogens is 1. The first-order valence-corrected chi connectivity index (χ1v) is 5.41. The van der Waals surface area contributed by atoms with Crippen LogP contribution in [0.4, 0.5) is 0 Å². The number of carboxylic acids is 1. The molecule has 1 unspecified atom stereocenters. The monoisotopic (exact) mass is 275 g/mol. The SMILES string of the molecule is COc1cc(Cl)c(C(CN)C(=O)O)c(O)c1OC. The van der Waals surface area contributed by atoms with Gasteiger partial charge in [-0.2, -0.15) is 0 Å². The number of nitrogens with two attached hydrogens (primary N) is 1. The fourth-order valence-electron chi connectivity index (χ4n) is 1.63. The Kier molecular flexibility index (Phi) is 4.63. The lowest BCUT2D eigenvalue weighted by atomic mass is 9.97. The molecule has 1 aromatic rings. The van der Waals surface area contributed by atoms with E-state index in [0.717, 1.165) is 0 Å². The molecule has 1 aromatic carbocycles. The maximum Gasteiger partial charge on any atom is 0.312 e. The molecule has 1 rings (SSSR count). The first-order chi connectivity index (χ1) is 8.47. The van der Waals surface area contributed by atoms with Gasteiger partial charge in [0.2, 0.25) is 5.75 Å². The number of carboxylic acid groups (broad SMARTS) is 1. The molecule has 0 amide bonds. The van der Waals surface area contributed by atoms with E-state index in [2.05, 4.69) is 0 Å². The lowest BCUT2D eigenvalue weighted by Crippen LogP contribution is -2.21. The summed E-state index contributed by atoms with van der Waals surface area (Å²) in [5.74, 6) is -2.43. The van der Waals surface area contributed by atoms with Crippen LogP contribution in [0.2, 0.25) is 5.02 Å². The number of ether oxygens (including phenoxy) is 2. The molecular weight excluding hydrogens is 262 g/mol. The molecule has 0 saturated carbocycles. The van der Waals surface area contributed by atoms with Gasteiger partial charge in [-0.1, -0.05) is 11.6 Å². The summed E-state index contributed by atoms with van der Waals surface area (Å²) in [6.07, 6.45) is 0. The number of hydrogen-bond acceptors (Lipinski definition) is 5. The Morgan fingerprint density at radius 1 is 1.50 bits per heavy atom. The molecule has 0 aliphatic rings. The Morgan fingerprint density at radius 3 is 2.50 bits per heavy atom. The number of carbonyl (C=O) groups is 1. The van der Waals surface area contributed by atoms with E-state index in [1.807, 2.05) is 0 Å². The summed E-state index contributed by atoms with van der Waals surface area (Å²) in [6, 6.07) is 1.38. The highest BCUT2D eigenvalue weighted by Gasteiger charge is 2.28. The summed E-state index contributed by atoms with van der Waals surface area (Å²) in [5.41, 5.74) is 5.40. The van der Waals surface area contributed by atoms with Crippen molar-refractivity contribution >= 4 is 17.6 Å². The van der Waals surface area contributed by atoms with Crippen LogP contribution in [0.15, 0.2) is 6.07 Å². The van der Waals surface area contributed by atoms with Gasteiger partial charge in [0, 0.05) is 18.2 Å². The van der Waals surface area contributed by atoms with Gasteiger partial charge in [-0.25, -0.2) is 0 Å². The molecule has 7 heteroatoms. The largest absolute Gasteiger partial charge is 0.504 e. The van der Waals surface area contributed by atoms with Crippen molar-refractivity contribution in [3.63, 3.8) is 0 Å². The molecule has 0 saturated heterocycles. The highest BCUT2D eigenvalue weighted by Crippen LogP contribution is 2.45. The van der Waals surface area contributed by atoms with Crippen molar-refractivity contribution in [1.82, 2.24) is 0 Å². The highest BCUT2D eigenvalue weighted by atomic mass is 35.5. The number of phenolic OH excluding ortho intramolecular Hbond substituents is 1. The molecule has 0 radical (unpaired) electrons. The van der Waals surface area contributed by atoms with Gasteiger partial charge in [0.05, 0.1) is 25.2 Å². The quantitative estimate of drug-likeness (QED) is 0.746. The van der Waals surface area contributed by atoms with Gasteiger partial charge in [-0.3, -0.25) is 4.79 Å². The van der Waals surface area contributed by atoms with Crippen LogP contribution in [0.1, 0.15) is 11.5 Å². The van der Waals surface area contributed by atoms with E-state index in [1.165, 1.54) is 20.3 Å². The van der Waals surface area contributed by atoms with Crippen molar-refractivity contribution < 1.29 is 24.5 Å². The molecule has 0 aromatic heterocycles. The van der Waals surface area contributed by atoms with Crippen molar-refractivity contribution in [3.8, 4) is 17.2 Å². The van der Waals surface area contributed by atoms with Crippen LogP contribution in [0, 0.1) is 0 Å². The van der Waals surface area contributed by atoms with E-state index >= 15 is 0 Å². The average Bonchev–Trinajstić information content (AvgIpc) is 2.33. The van der Waals surface area contributed by atoms with Crippen molar-refractivity contribution in [3.05, 3.63) is 16.7 Å². The Bertz CT molecular complexity index is 463. The molecule has 0 aliphatic heterocycles. The molecule has 6 nitrogen and oxygen atoms in total. The van der Waals surface area contributed by atoms with Gasteiger partial charge in [0.15, 0.2) is 11.5 Å². The Morgan fingerprint density at radius 2 is 2.11 bits per heavy atom. The van der Waals surface area contributed by atoms with E-state index in [4.69, 9.17) is 31.9 Å². The lowest BCUT2D eigenvalue weighted by Gasteiger charge is -2.18. The second kappa shape index (κ2) is 5.79. The Balaban J connectivity index is 3.49. The lowest BCUT2D eigenvalue weighted by molar-refractivity contribution is -0.138. The summed E-state index contributed by atoms with van der Waals surface area (Å²) < 4.78 is 9.95. The third kappa shape index (κ3) is 2.44. The van der Waals surface area contributed by atoms with Crippen LogP contribution in [0.5, 0.6) is 17.2 Å². The fraction of sp³-hybridized carbons (Fsp3) is 0.364. The molecule has 0 aliphatic carbocycles. The van der Waals surface area contributed by atoms with Gasteiger partial charge in [-0.15, -0.1) is 0 Å². The average molecular weight is 276 g/mol. The zero-order valence-electron chi connectivity index (χ0n) is 9.94. The van der Waals surface area contributed by atoms with Crippen molar-refractivity contribution in [2.45, 2.75) is 5.92 Å². The van der Waals surface area contributed by atoms with Gasteiger partial charge < -0.3 is 25.4 Å². The number of aliphatic carboxylic acids is 1. The third-order valence-corrected chi connectivity index (χ3v) is 2.83. The fourth-order valence-corrected chi connectivity index (χ4v) is 1.95. The minimum Gasteiger partial charge on any atom is -0.504 e. The maximum atomic E-state index is 11.1. The second-order valence-corrected chi connectivity index (χ2v) is 3.89. The standard InChI is InChI=1S/C11H14ClNO5/c1-17-7-3-6(12)8(5(4-13)11(15)16)9(14)10(7)18-2/h3,5,14H,4,13H2,1-2H3,(H,15,16). The molecule has 0 spiro atoms. The summed E-state index contributed by atoms with van der Waals surface area (Å²) in [7, 11) is 2.71. The van der Waals surface area contributed by atoms with Crippen molar-refractivity contribution in [2.24, 2.45) is 5.73 Å². The first kappa shape index (κ1) is 14.4. The molecule has 0 bridgehead atoms. The minimum absolute atomic E-state index is 0.0179. The molecule has 1 atom stereocenters. The number of methoxy groups -OCH3 is 2. The second-order valence-electron chi connectivity index (χ2n) is 3.48. The topological polar surface area (TPSA) is 102 Å². The molecule has 18 heavy (non-hydrogen) atoms. The Hall–Kier alpha value is -1.66. The minimum atomic E-state index is -1.18. The van der Waals surface area contributed by atoms with Crippen LogP contribution >= 0.6 is 11.6 Å². The summed E-state index contributed by atoms with van der Waals surface area (Å²) in [5, 5.41) is 19.1. The van der Waals surface area contributed by atoms with Gasteiger partial charge in [0.25, 0.3) is 0 Å². The van der Waals surface area contributed by atoms with Crippen LogP contribution in [0.3, 0.4) is 0 Å². The zero-order valence-corrected chi connectivity index (χ0v) is 10.7. The number of aromatic hydroxyl groups is 1. The van der Waals surface area contributed by atoms with Crippen LogP contribution in [0.25, 0.3) is 0 Å². The summed E-state index contributed by atoms with van der Waals surface area (Å²) in [6.45, 7) is -0.196. The van der Waals surface area contributed by atoms with E-state index in [9.17, 15) is 9.90 Å². The molecule has 0 fully saturated rings. The van der Waals surface area contributed by atoms with E-state index < -0.39 is 11.9 Å². The third-order valence-electron chi connectivity index (χ3n) is 2.52. The van der Waals surface area contributed by atoms with Crippen LogP contribution in [-0.2, 0) is 4.79 Å². The maximum absolute atomic E-state index is 11.1. The number of hydrogen-bond donors (Lipinski definition) is 3. The molecule has 4 N–H and O–H groups in total. The summed E-state index contributed by atoms with van der Waals surface area (Å²) >= 11 is 5.95. The smallest absolute Gasteiger partial charge is 0.312 e. The van der Waals surface area contributed by atoms with Crippen molar-refractivity contribution in [2.75, 3.05) is 20.8 Å². The highest BCUT2D eigenvalue weighted by molar-refractivity contribution is 6.32. The van der Waals surface area contributed by atoms with E-state index in [-0.39, 0.29) is 34.4 Å². The molecular formula is C11H14ClNO5. The number of benzene rings is 1. The normalized spacial score (nSPS) is 12.0. The van der Waals surface area contributed by atoms with E-state index in [0.29, 0.717) is 0 Å². The van der Waals surface area contributed by atoms with E-state index in [1.54, 1.807) is 0 Å².